The highest BCUT2D eigenvalue weighted by atomic mass is 16.5. The lowest BCUT2D eigenvalue weighted by atomic mass is 9.98. The Bertz CT molecular complexity index is 248. The molecule has 1 atom stereocenters. The number of nitrogens with one attached hydrogen (secondary N) is 1. The Morgan fingerprint density at radius 2 is 1.78 bits per heavy atom. The van der Waals surface area contributed by atoms with Crippen LogP contribution in [0.2, 0.25) is 0 Å². The lowest BCUT2D eigenvalue weighted by molar-refractivity contribution is -0.152. The van der Waals surface area contributed by atoms with Crippen LogP contribution in [-0.2, 0) is 14.3 Å². The van der Waals surface area contributed by atoms with Gasteiger partial charge in [0, 0.05) is 6.61 Å². The Kier molecular flexibility index (Phi) is 7.48. The van der Waals surface area contributed by atoms with Crippen LogP contribution in [0.3, 0.4) is 0 Å². The molecule has 108 valence electrons. The molecule has 0 aromatic rings. The van der Waals surface area contributed by atoms with Crippen molar-refractivity contribution in [2.75, 3.05) is 19.8 Å². The van der Waals surface area contributed by atoms with Crippen LogP contribution in [0.25, 0.3) is 0 Å². The maximum absolute atomic E-state index is 12.0. The molecule has 0 saturated carbocycles. The zero-order valence-electron chi connectivity index (χ0n) is 12.8. The highest BCUT2D eigenvalue weighted by Crippen LogP contribution is 2.15. The summed E-state index contributed by atoms with van der Waals surface area (Å²) in [5.74, 6) is -0.198. The molecule has 0 aliphatic carbocycles. The first-order valence-electron chi connectivity index (χ1n) is 6.81. The van der Waals surface area contributed by atoms with E-state index in [1.165, 1.54) is 0 Å². The average Bonchev–Trinajstić information content (AvgIpc) is 2.25. The van der Waals surface area contributed by atoms with E-state index in [1.54, 1.807) is 0 Å². The van der Waals surface area contributed by atoms with E-state index >= 15 is 0 Å². The summed E-state index contributed by atoms with van der Waals surface area (Å²) in [4.78, 5) is 12.0. The normalized spacial score (nSPS) is 15.2. The van der Waals surface area contributed by atoms with Gasteiger partial charge in [0.1, 0.15) is 5.54 Å². The SMILES string of the molecule is CCCNC(C)(CCOC(C)(C)C)C(=O)OCC. The van der Waals surface area contributed by atoms with Gasteiger partial charge < -0.3 is 14.8 Å². The van der Waals surface area contributed by atoms with Crippen molar-refractivity contribution in [3.8, 4) is 0 Å². The molecule has 0 bridgehead atoms. The molecule has 0 heterocycles. The second-order valence-electron chi connectivity index (χ2n) is 5.69. The van der Waals surface area contributed by atoms with Gasteiger partial charge in [0.25, 0.3) is 0 Å². The average molecular weight is 259 g/mol. The van der Waals surface area contributed by atoms with Crippen molar-refractivity contribution in [2.24, 2.45) is 0 Å². The Labute approximate surface area is 111 Å². The van der Waals surface area contributed by atoms with E-state index in [0.717, 1.165) is 13.0 Å². The minimum Gasteiger partial charge on any atom is -0.465 e. The minimum absolute atomic E-state index is 0.180. The zero-order chi connectivity index (χ0) is 14.2. The third-order valence-corrected chi connectivity index (χ3v) is 2.63. The first-order chi connectivity index (χ1) is 8.25. The summed E-state index contributed by atoms with van der Waals surface area (Å²) in [5, 5.41) is 3.26. The van der Waals surface area contributed by atoms with Crippen molar-refractivity contribution in [2.45, 2.75) is 65.5 Å². The number of carbonyl (C=O) groups is 1. The van der Waals surface area contributed by atoms with Gasteiger partial charge in [-0.2, -0.15) is 0 Å². The molecule has 1 unspecified atom stereocenters. The van der Waals surface area contributed by atoms with E-state index < -0.39 is 5.54 Å². The predicted octanol–water partition coefficient (Wildman–Crippen LogP) is 2.51. The molecule has 4 heteroatoms. The van der Waals surface area contributed by atoms with Crippen molar-refractivity contribution in [1.82, 2.24) is 5.32 Å². The molecule has 0 saturated heterocycles. The molecule has 0 aromatic heterocycles. The van der Waals surface area contributed by atoms with Crippen LogP contribution in [0.15, 0.2) is 0 Å². The van der Waals surface area contributed by atoms with E-state index in [-0.39, 0.29) is 11.6 Å². The van der Waals surface area contributed by atoms with Crippen LogP contribution in [0.4, 0.5) is 0 Å². The van der Waals surface area contributed by atoms with Gasteiger partial charge in [-0.1, -0.05) is 6.92 Å². The fourth-order valence-corrected chi connectivity index (χ4v) is 1.52. The number of rotatable bonds is 8. The molecule has 0 rings (SSSR count). The number of hydrogen-bond acceptors (Lipinski definition) is 4. The molecule has 18 heavy (non-hydrogen) atoms. The van der Waals surface area contributed by atoms with E-state index in [2.05, 4.69) is 12.2 Å². The van der Waals surface area contributed by atoms with Gasteiger partial charge in [-0.3, -0.25) is 4.79 Å². The van der Waals surface area contributed by atoms with Gasteiger partial charge in [0.05, 0.1) is 12.2 Å². The molecule has 0 aliphatic heterocycles. The molecule has 0 aliphatic rings. The second kappa shape index (κ2) is 7.74. The molecular weight excluding hydrogens is 230 g/mol. The first-order valence-corrected chi connectivity index (χ1v) is 6.81. The summed E-state index contributed by atoms with van der Waals surface area (Å²) >= 11 is 0. The van der Waals surface area contributed by atoms with Crippen LogP contribution in [0.1, 0.15) is 54.4 Å². The zero-order valence-corrected chi connectivity index (χ0v) is 12.8. The van der Waals surface area contributed by atoms with Crippen LogP contribution in [0.5, 0.6) is 0 Å². The predicted molar refractivity (Wildman–Crippen MR) is 73.7 cm³/mol. The summed E-state index contributed by atoms with van der Waals surface area (Å²) in [6, 6.07) is 0. The molecular formula is C14H29NO3. The Morgan fingerprint density at radius 1 is 1.17 bits per heavy atom. The molecule has 0 spiro atoms. The van der Waals surface area contributed by atoms with Gasteiger partial charge >= 0.3 is 5.97 Å². The Morgan fingerprint density at radius 3 is 2.22 bits per heavy atom. The highest BCUT2D eigenvalue weighted by Gasteiger charge is 2.34. The molecule has 0 radical (unpaired) electrons. The van der Waals surface area contributed by atoms with Gasteiger partial charge in [-0.25, -0.2) is 0 Å². The van der Waals surface area contributed by atoms with Gasteiger partial charge in [-0.15, -0.1) is 0 Å². The van der Waals surface area contributed by atoms with E-state index in [0.29, 0.717) is 19.6 Å². The standard InChI is InChI=1S/C14H29NO3/c1-7-10-15-14(6,12(16)17-8-2)9-11-18-13(3,4)5/h15H,7-11H2,1-6H3. The molecule has 1 N–H and O–H groups in total. The Hall–Kier alpha value is -0.610. The van der Waals surface area contributed by atoms with Crippen molar-refractivity contribution in [3.05, 3.63) is 0 Å². The van der Waals surface area contributed by atoms with Crippen molar-refractivity contribution in [3.63, 3.8) is 0 Å². The third-order valence-electron chi connectivity index (χ3n) is 2.63. The minimum atomic E-state index is -0.655. The van der Waals surface area contributed by atoms with Crippen LogP contribution in [0, 0.1) is 0 Å². The number of ether oxygens (including phenoxy) is 2. The molecule has 0 aromatic carbocycles. The summed E-state index contributed by atoms with van der Waals surface area (Å²) in [5.41, 5.74) is -0.836. The van der Waals surface area contributed by atoms with Crippen molar-refractivity contribution < 1.29 is 14.3 Å². The molecule has 0 fully saturated rings. The lowest BCUT2D eigenvalue weighted by Crippen LogP contribution is -2.51. The molecule has 4 nitrogen and oxygen atoms in total. The maximum Gasteiger partial charge on any atom is 0.326 e. The lowest BCUT2D eigenvalue weighted by Gasteiger charge is -2.30. The topological polar surface area (TPSA) is 47.6 Å². The fraction of sp³-hybridized carbons (Fsp3) is 0.929. The third kappa shape index (κ3) is 6.97. The van der Waals surface area contributed by atoms with Crippen molar-refractivity contribution in [1.29, 1.82) is 0 Å². The number of hydrogen-bond donors (Lipinski definition) is 1. The van der Waals surface area contributed by atoms with E-state index in [9.17, 15) is 4.79 Å². The van der Waals surface area contributed by atoms with Crippen molar-refractivity contribution >= 4 is 5.97 Å². The van der Waals surface area contributed by atoms with E-state index in [1.807, 2.05) is 34.6 Å². The van der Waals surface area contributed by atoms with Gasteiger partial charge in [0.2, 0.25) is 0 Å². The summed E-state index contributed by atoms with van der Waals surface area (Å²) < 4.78 is 10.8. The fourth-order valence-electron chi connectivity index (χ4n) is 1.52. The maximum atomic E-state index is 12.0. The van der Waals surface area contributed by atoms with Gasteiger partial charge in [0.15, 0.2) is 0 Å². The van der Waals surface area contributed by atoms with Crippen LogP contribution in [-0.4, -0.2) is 36.9 Å². The molecule has 0 amide bonds. The monoisotopic (exact) mass is 259 g/mol. The summed E-state index contributed by atoms with van der Waals surface area (Å²) in [6.45, 7) is 13.5. The quantitative estimate of drug-likeness (QED) is 0.680. The number of carbonyl (C=O) groups excluding carboxylic acids is 1. The largest absolute Gasteiger partial charge is 0.465 e. The van der Waals surface area contributed by atoms with Crippen LogP contribution < -0.4 is 5.32 Å². The smallest absolute Gasteiger partial charge is 0.326 e. The van der Waals surface area contributed by atoms with Crippen LogP contribution >= 0.6 is 0 Å². The summed E-state index contributed by atoms with van der Waals surface area (Å²) in [7, 11) is 0. The first kappa shape index (κ1) is 17.4. The highest BCUT2D eigenvalue weighted by molar-refractivity contribution is 5.80. The van der Waals surface area contributed by atoms with E-state index in [4.69, 9.17) is 9.47 Å². The Balaban J connectivity index is 4.42. The second-order valence-corrected chi connectivity index (χ2v) is 5.69. The number of esters is 1. The van der Waals surface area contributed by atoms with Gasteiger partial charge in [-0.05, 0) is 54.0 Å². The summed E-state index contributed by atoms with van der Waals surface area (Å²) in [6.07, 6.45) is 1.60.